The number of hydrogen-bond acceptors (Lipinski definition) is 7. The molecular formula is C14H23Cl2N3O6S2. The molecular weight excluding hydrogens is 441 g/mol. The standard InChI is InChI=1S/C14H23Cl2N3O6S2/c1-3-11(20)13(15)26(22,23)18-9-6-5-8(17)7-10(9)19-27(24,25)14(16)12(21)4-2/h5-7,11-14,18-21H,3-4,17H2,1-2H3. The predicted molar refractivity (Wildman–Crippen MR) is 108 cm³/mol. The van der Waals surface area contributed by atoms with E-state index in [4.69, 9.17) is 28.9 Å². The van der Waals surface area contributed by atoms with Crippen molar-refractivity contribution in [2.24, 2.45) is 0 Å². The van der Waals surface area contributed by atoms with Crippen LogP contribution >= 0.6 is 23.2 Å². The molecule has 0 spiro atoms. The summed E-state index contributed by atoms with van der Waals surface area (Å²) in [4.78, 5) is 0. The minimum Gasteiger partial charge on any atom is -0.399 e. The number of anilines is 3. The van der Waals surface area contributed by atoms with E-state index < -0.39 is 41.7 Å². The summed E-state index contributed by atoms with van der Waals surface area (Å²) >= 11 is 11.6. The summed E-state index contributed by atoms with van der Waals surface area (Å²) in [5.41, 5.74) is 5.41. The number of rotatable bonds is 10. The maximum Gasteiger partial charge on any atom is 0.252 e. The molecule has 0 radical (unpaired) electrons. The van der Waals surface area contributed by atoms with Crippen LogP contribution in [0.25, 0.3) is 0 Å². The van der Waals surface area contributed by atoms with Gasteiger partial charge in [0.15, 0.2) is 9.42 Å². The smallest absolute Gasteiger partial charge is 0.252 e. The van der Waals surface area contributed by atoms with E-state index >= 15 is 0 Å². The highest BCUT2D eigenvalue weighted by Gasteiger charge is 2.32. The average Bonchev–Trinajstić information content (AvgIpc) is 2.60. The maximum absolute atomic E-state index is 12.3. The van der Waals surface area contributed by atoms with E-state index in [0.29, 0.717) is 0 Å². The molecule has 0 heterocycles. The van der Waals surface area contributed by atoms with Crippen LogP contribution in [0.5, 0.6) is 0 Å². The molecule has 4 atom stereocenters. The number of hydrogen-bond donors (Lipinski definition) is 5. The lowest BCUT2D eigenvalue weighted by Gasteiger charge is -2.21. The number of nitrogen functional groups attached to an aromatic ring is 1. The third kappa shape index (κ3) is 6.26. The molecule has 0 aromatic heterocycles. The first-order chi connectivity index (χ1) is 12.4. The maximum atomic E-state index is 12.3. The van der Waals surface area contributed by atoms with Gasteiger partial charge in [-0.25, -0.2) is 16.8 Å². The van der Waals surface area contributed by atoms with Crippen molar-refractivity contribution < 1.29 is 27.0 Å². The van der Waals surface area contributed by atoms with Crippen molar-refractivity contribution in [3.05, 3.63) is 18.2 Å². The number of benzene rings is 1. The van der Waals surface area contributed by atoms with Gasteiger partial charge in [-0.3, -0.25) is 9.44 Å². The Bertz CT molecular complexity index is 850. The fourth-order valence-electron chi connectivity index (χ4n) is 1.94. The minimum atomic E-state index is -4.27. The van der Waals surface area contributed by atoms with Crippen molar-refractivity contribution in [3.63, 3.8) is 0 Å². The second kappa shape index (κ2) is 9.48. The van der Waals surface area contributed by atoms with Gasteiger partial charge in [-0.05, 0) is 31.0 Å². The van der Waals surface area contributed by atoms with Gasteiger partial charge in [0.25, 0.3) is 20.0 Å². The van der Waals surface area contributed by atoms with Crippen LogP contribution in [0, 0.1) is 0 Å². The molecule has 27 heavy (non-hydrogen) atoms. The molecule has 0 bridgehead atoms. The normalized spacial score (nSPS) is 17.0. The van der Waals surface area contributed by atoms with Crippen molar-refractivity contribution in [2.45, 2.75) is 48.3 Å². The molecule has 0 saturated heterocycles. The molecule has 0 aliphatic carbocycles. The first-order valence-corrected chi connectivity index (χ1v) is 11.9. The third-order valence-electron chi connectivity index (χ3n) is 3.58. The summed E-state index contributed by atoms with van der Waals surface area (Å²) < 4.78 is 50.2. The Morgan fingerprint density at radius 1 is 0.926 bits per heavy atom. The zero-order valence-electron chi connectivity index (χ0n) is 14.6. The van der Waals surface area contributed by atoms with E-state index in [1.807, 2.05) is 0 Å². The fourth-order valence-corrected chi connectivity index (χ4v) is 4.96. The molecule has 1 aromatic rings. The van der Waals surface area contributed by atoms with Crippen molar-refractivity contribution in [2.75, 3.05) is 15.2 Å². The van der Waals surface area contributed by atoms with Crippen molar-refractivity contribution >= 4 is 60.3 Å². The molecule has 1 aromatic carbocycles. The van der Waals surface area contributed by atoms with Gasteiger partial charge >= 0.3 is 0 Å². The van der Waals surface area contributed by atoms with E-state index in [-0.39, 0.29) is 29.9 Å². The van der Waals surface area contributed by atoms with Gasteiger partial charge in [0.2, 0.25) is 0 Å². The number of nitrogens with one attached hydrogen (secondary N) is 2. The van der Waals surface area contributed by atoms with Gasteiger partial charge in [0, 0.05) is 5.69 Å². The number of sulfonamides is 2. The first kappa shape index (κ1) is 24.1. The topological polar surface area (TPSA) is 159 Å². The molecule has 0 aliphatic rings. The summed E-state index contributed by atoms with van der Waals surface area (Å²) in [5.74, 6) is 0. The Labute approximate surface area is 169 Å². The van der Waals surface area contributed by atoms with Crippen LogP contribution in [0.2, 0.25) is 0 Å². The molecule has 4 unspecified atom stereocenters. The van der Waals surface area contributed by atoms with Gasteiger partial charge in [0.1, 0.15) is 0 Å². The van der Waals surface area contributed by atoms with Crippen LogP contribution in [0.3, 0.4) is 0 Å². The number of halogens is 2. The first-order valence-electron chi connectivity index (χ1n) is 7.92. The molecule has 0 amide bonds. The highest BCUT2D eigenvalue weighted by Crippen LogP contribution is 2.30. The zero-order valence-corrected chi connectivity index (χ0v) is 17.8. The summed E-state index contributed by atoms with van der Waals surface area (Å²) in [6.45, 7) is 3.10. The van der Waals surface area contributed by atoms with Crippen molar-refractivity contribution in [1.29, 1.82) is 0 Å². The molecule has 0 fully saturated rings. The van der Waals surface area contributed by atoms with E-state index in [9.17, 15) is 27.0 Å². The van der Waals surface area contributed by atoms with Gasteiger partial charge in [-0.2, -0.15) is 0 Å². The van der Waals surface area contributed by atoms with E-state index in [2.05, 4.69) is 9.44 Å². The molecule has 1 rings (SSSR count). The second-order valence-electron chi connectivity index (χ2n) is 5.75. The lowest BCUT2D eigenvalue weighted by Crippen LogP contribution is -2.35. The van der Waals surface area contributed by atoms with Crippen LogP contribution < -0.4 is 15.2 Å². The molecule has 13 heteroatoms. The Morgan fingerprint density at radius 2 is 1.33 bits per heavy atom. The van der Waals surface area contributed by atoms with Gasteiger partial charge in [0.05, 0.1) is 23.6 Å². The highest BCUT2D eigenvalue weighted by molar-refractivity contribution is 7.95. The highest BCUT2D eigenvalue weighted by atomic mass is 35.5. The molecule has 156 valence electrons. The van der Waals surface area contributed by atoms with Crippen molar-refractivity contribution in [3.8, 4) is 0 Å². The number of nitrogens with two attached hydrogens (primary N) is 1. The predicted octanol–water partition coefficient (Wildman–Crippen LogP) is 1.42. The minimum absolute atomic E-state index is 0.0916. The second-order valence-corrected chi connectivity index (χ2v) is 10.8. The van der Waals surface area contributed by atoms with E-state index in [1.165, 1.54) is 18.2 Å². The molecule has 9 nitrogen and oxygen atoms in total. The van der Waals surface area contributed by atoms with Crippen LogP contribution in [-0.4, -0.2) is 48.7 Å². The van der Waals surface area contributed by atoms with Crippen LogP contribution in [0.4, 0.5) is 17.1 Å². The lowest BCUT2D eigenvalue weighted by atomic mass is 10.2. The fraction of sp³-hybridized carbons (Fsp3) is 0.571. The van der Waals surface area contributed by atoms with E-state index in [0.717, 1.165) is 0 Å². The quantitative estimate of drug-likeness (QED) is 0.259. The number of alkyl halides is 2. The summed E-state index contributed by atoms with van der Waals surface area (Å²) in [5, 5.41) is 19.4. The van der Waals surface area contributed by atoms with Gasteiger partial charge in [-0.1, -0.05) is 13.8 Å². The van der Waals surface area contributed by atoms with Gasteiger partial charge in [-0.15, -0.1) is 23.2 Å². The van der Waals surface area contributed by atoms with Crippen LogP contribution in [0.1, 0.15) is 26.7 Å². The zero-order chi connectivity index (χ0) is 21.0. The van der Waals surface area contributed by atoms with Gasteiger partial charge < -0.3 is 15.9 Å². The van der Waals surface area contributed by atoms with E-state index in [1.54, 1.807) is 13.8 Å². The Balaban J connectivity index is 3.23. The number of aliphatic hydroxyl groups excluding tert-OH is 2. The monoisotopic (exact) mass is 463 g/mol. The molecule has 6 N–H and O–H groups in total. The lowest BCUT2D eigenvalue weighted by molar-refractivity contribution is 0.183. The van der Waals surface area contributed by atoms with Crippen molar-refractivity contribution in [1.82, 2.24) is 0 Å². The Morgan fingerprint density at radius 3 is 1.74 bits per heavy atom. The molecule has 0 saturated carbocycles. The summed E-state index contributed by atoms with van der Waals surface area (Å²) in [6.07, 6.45) is -2.48. The summed E-state index contributed by atoms with van der Waals surface area (Å²) in [7, 11) is -8.52. The average molecular weight is 464 g/mol. The van der Waals surface area contributed by atoms with Crippen LogP contribution in [0.15, 0.2) is 18.2 Å². The third-order valence-corrected chi connectivity index (χ3v) is 8.39. The SMILES string of the molecule is CCC(O)C(Cl)S(=O)(=O)Nc1ccc(N)cc1NS(=O)(=O)C(Cl)C(O)CC. The van der Waals surface area contributed by atoms with Crippen LogP contribution in [-0.2, 0) is 20.0 Å². The summed E-state index contributed by atoms with van der Waals surface area (Å²) in [6, 6.07) is 3.75. The molecule has 0 aliphatic heterocycles. The Kier molecular flexibility index (Phi) is 8.45. The number of aliphatic hydroxyl groups is 2. The largest absolute Gasteiger partial charge is 0.399 e. The Hall–Kier alpha value is -0.980.